The van der Waals surface area contributed by atoms with Crippen LogP contribution in [0.1, 0.15) is 30.0 Å². The zero-order valence-corrected chi connectivity index (χ0v) is 9.67. The predicted octanol–water partition coefficient (Wildman–Crippen LogP) is 2.66. The normalized spacial score (nSPS) is 10.1. The number of ether oxygens (including phenoxy) is 1. The van der Waals surface area contributed by atoms with Crippen molar-refractivity contribution in [1.82, 2.24) is 0 Å². The Morgan fingerprint density at radius 1 is 1.40 bits per heavy atom. The molecule has 0 amide bonds. The molecule has 1 aromatic carbocycles. The molecule has 15 heavy (non-hydrogen) atoms. The van der Waals surface area contributed by atoms with Crippen molar-refractivity contribution in [3.8, 4) is 0 Å². The Morgan fingerprint density at radius 2 is 2.13 bits per heavy atom. The van der Waals surface area contributed by atoms with Crippen molar-refractivity contribution in [2.75, 3.05) is 7.11 Å². The molecule has 2 heteroatoms. The summed E-state index contributed by atoms with van der Waals surface area (Å²) < 4.78 is 4.62. The first-order valence-corrected chi connectivity index (χ1v) is 5.32. The van der Waals surface area contributed by atoms with Gasteiger partial charge >= 0.3 is 5.97 Å². The largest absolute Gasteiger partial charge is 0.469 e. The van der Waals surface area contributed by atoms with Gasteiger partial charge in [-0.2, -0.15) is 0 Å². The highest BCUT2D eigenvalue weighted by Gasteiger charge is 2.04. The maximum atomic E-state index is 11.0. The van der Waals surface area contributed by atoms with Crippen LogP contribution in [-0.4, -0.2) is 13.1 Å². The van der Waals surface area contributed by atoms with Gasteiger partial charge in [0.1, 0.15) is 0 Å². The molecule has 0 aliphatic rings. The van der Waals surface area contributed by atoms with E-state index in [0.29, 0.717) is 6.42 Å². The van der Waals surface area contributed by atoms with Crippen molar-refractivity contribution in [2.24, 2.45) is 0 Å². The molecule has 1 aromatic rings. The van der Waals surface area contributed by atoms with Gasteiger partial charge in [0, 0.05) is 6.42 Å². The van der Waals surface area contributed by atoms with E-state index in [1.165, 1.54) is 23.8 Å². The third-order valence-electron chi connectivity index (χ3n) is 2.64. The van der Waals surface area contributed by atoms with Crippen LogP contribution >= 0.6 is 0 Å². The summed E-state index contributed by atoms with van der Waals surface area (Å²) in [6, 6.07) is 6.42. The van der Waals surface area contributed by atoms with E-state index in [2.05, 4.69) is 36.8 Å². The number of esters is 1. The van der Waals surface area contributed by atoms with E-state index in [4.69, 9.17) is 0 Å². The molecule has 0 saturated carbocycles. The first-order valence-electron chi connectivity index (χ1n) is 5.32. The molecule has 0 atom stereocenters. The molecule has 2 nitrogen and oxygen atoms in total. The van der Waals surface area contributed by atoms with Gasteiger partial charge in [0.2, 0.25) is 0 Å². The zero-order valence-electron chi connectivity index (χ0n) is 9.67. The van der Waals surface area contributed by atoms with Crippen LogP contribution in [-0.2, 0) is 22.4 Å². The zero-order chi connectivity index (χ0) is 11.3. The molecule has 0 N–H and O–H groups in total. The molecule has 0 aliphatic carbocycles. The Balaban J connectivity index is 2.66. The molecule has 0 heterocycles. The van der Waals surface area contributed by atoms with Gasteiger partial charge in [0.15, 0.2) is 0 Å². The van der Waals surface area contributed by atoms with E-state index in [1.807, 2.05) is 0 Å². The number of hydrogen-bond acceptors (Lipinski definition) is 2. The van der Waals surface area contributed by atoms with Crippen molar-refractivity contribution in [1.29, 1.82) is 0 Å². The number of hydrogen-bond donors (Lipinski definition) is 0. The second-order valence-corrected chi connectivity index (χ2v) is 3.69. The quantitative estimate of drug-likeness (QED) is 0.708. The van der Waals surface area contributed by atoms with Crippen molar-refractivity contribution in [2.45, 2.75) is 33.1 Å². The van der Waals surface area contributed by atoms with Crippen LogP contribution in [0.25, 0.3) is 0 Å². The summed E-state index contributed by atoms with van der Waals surface area (Å²) >= 11 is 0. The van der Waals surface area contributed by atoms with Gasteiger partial charge in [0.25, 0.3) is 0 Å². The number of carbonyl (C=O) groups is 1. The van der Waals surface area contributed by atoms with Gasteiger partial charge in [-0.15, -0.1) is 0 Å². The van der Waals surface area contributed by atoms with Crippen LogP contribution in [0.15, 0.2) is 18.2 Å². The topological polar surface area (TPSA) is 26.3 Å². The summed E-state index contributed by atoms with van der Waals surface area (Å²) in [5, 5.41) is 0. The summed E-state index contributed by atoms with van der Waals surface area (Å²) in [7, 11) is 1.43. The SMILES string of the molecule is CCc1ccc(CCC(=O)OC)c(C)c1. The summed E-state index contributed by atoms with van der Waals surface area (Å²) in [4.78, 5) is 11.0. The van der Waals surface area contributed by atoms with E-state index >= 15 is 0 Å². The third-order valence-corrected chi connectivity index (χ3v) is 2.64. The Labute approximate surface area is 91.3 Å². The van der Waals surface area contributed by atoms with Crippen LogP contribution in [0, 0.1) is 6.92 Å². The van der Waals surface area contributed by atoms with Gasteiger partial charge in [0.05, 0.1) is 7.11 Å². The smallest absolute Gasteiger partial charge is 0.305 e. The van der Waals surface area contributed by atoms with Gasteiger partial charge in [-0.3, -0.25) is 4.79 Å². The molecule has 0 spiro atoms. The maximum Gasteiger partial charge on any atom is 0.305 e. The molecular weight excluding hydrogens is 188 g/mol. The van der Waals surface area contributed by atoms with Crippen LogP contribution in [0.3, 0.4) is 0 Å². The van der Waals surface area contributed by atoms with Crippen molar-refractivity contribution in [3.63, 3.8) is 0 Å². The fourth-order valence-corrected chi connectivity index (χ4v) is 1.60. The molecule has 1 rings (SSSR count). The van der Waals surface area contributed by atoms with Crippen molar-refractivity contribution >= 4 is 5.97 Å². The number of methoxy groups -OCH3 is 1. The molecule has 0 unspecified atom stereocenters. The van der Waals surface area contributed by atoms with Crippen molar-refractivity contribution < 1.29 is 9.53 Å². The highest BCUT2D eigenvalue weighted by molar-refractivity contribution is 5.69. The van der Waals surface area contributed by atoms with Crippen LogP contribution in [0.2, 0.25) is 0 Å². The molecule has 0 aliphatic heterocycles. The average Bonchev–Trinajstić information content (AvgIpc) is 2.26. The monoisotopic (exact) mass is 206 g/mol. The van der Waals surface area contributed by atoms with E-state index < -0.39 is 0 Å². The number of carbonyl (C=O) groups excluding carboxylic acids is 1. The third kappa shape index (κ3) is 3.39. The van der Waals surface area contributed by atoms with Gasteiger partial charge < -0.3 is 4.74 Å². The first kappa shape index (κ1) is 11.8. The maximum absolute atomic E-state index is 11.0. The predicted molar refractivity (Wildman–Crippen MR) is 60.9 cm³/mol. The van der Waals surface area contributed by atoms with Gasteiger partial charge in [-0.25, -0.2) is 0 Å². The second kappa shape index (κ2) is 5.54. The van der Waals surface area contributed by atoms with Crippen LogP contribution in [0.4, 0.5) is 0 Å². The molecular formula is C13H18O2. The molecule has 0 saturated heterocycles. The summed E-state index contributed by atoms with van der Waals surface area (Å²) in [6.07, 6.45) is 2.28. The Kier molecular flexibility index (Phi) is 4.35. The Bertz CT molecular complexity index is 342. The molecule has 0 bridgehead atoms. The summed E-state index contributed by atoms with van der Waals surface area (Å²) in [6.45, 7) is 4.23. The molecule has 82 valence electrons. The van der Waals surface area contributed by atoms with Crippen LogP contribution < -0.4 is 0 Å². The van der Waals surface area contributed by atoms with E-state index in [1.54, 1.807) is 0 Å². The lowest BCUT2D eigenvalue weighted by Gasteiger charge is -2.06. The molecule has 0 fully saturated rings. The Morgan fingerprint density at radius 3 is 2.67 bits per heavy atom. The second-order valence-electron chi connectivity index (χ2n) is 3.69. The highest BCUT2D eigenvalue weighted by Crippen LogP contribution is 2.13. The minimum Gasteiger partial charge on any atom is -0.469 e. The minimum atomic E-state index is -0.144. The van der Waals surface area contributed by atoms with Gasteiger partial charge in [-0.05, 0) is 36.5 Å². The standard InChI is InChI=1S/C13H18O2/c1-4-11-5-6-12(10(2)9-11)7-8-13(14)15-3/h5-6,9H,4,7-8H2,1-3H3. The van der Waals surface area contributed by atoms with E-state index in [-0.39, 0.29) is 5.97 Å². The lowest BCUT2D eigenvalue weighted by molar-refractivity contribution is -0.140. The number of aryl methyl sites for hydroxylation is 3. The van der Waals surface area contributed by atoms with Gasteiger partial charge in [-0.1, -0.05) is 25.1 Å². The first-order chi connectivity index (χ1) is 7.17. The van der Waals surface area contributed by atoms with Crippen LogP contribution in [0.5, 0.6) is 0 Å². The number of benzene rings is 1. The van der Waals surface area contributed by atoms with E-state index in [0.717, 1.165) is 12.8 Å². The summed E-state index contributed by atoms with van der Waals surface area (Å²) in [5.74, 6) is -0.144. The summed E-state index contributed by atoms with van der Waals surface area (Å²) in [5.41, 5.74) is 3.84. The fraction of sp³-hybridized carbons (Fsp3) is 0.462. The van der Waals surface area contributed by atoms with E-state index in [9.17, 15) is 4.79 Å². The highest BCUT2D eigenvalue weighted by atomic mass is 16.5. The van der Waals surface area contributed by atoms with Crippen molar-refractivity contribution in [3.05, 3.63) is 34.9 Å². The lowest BCUT2D eigenvalue weighted by atomic mass is 10.0. The average molecular weight is 206 g/mol. The lowest BCUT2D eigenvalue weighted by Crippen LogP contribution is -2.03. The Hall–Kier alpha value is -1.31. The minimum absolute atomic E-state index is 0.144. The number of rotatable bonds is 4. The molecule has 0 radical (unpaired) electrons. The fourth-order valence-electron chi connectivity index (χ4n) is 1.60. The molecule has 0 aromatic heterocycles.